The monoisotopic (exact) mass is 212 g/mol. The molecule has 1 heterocycles. The first-order valence-corrected chi connectivity index (χ1v) is 4.93. The molecule has 1 saturated heterocycles. The SMILES string of the molecule is O=CC(=O)[C@@H]1CC2(C[C@@H]1C=O)OCCO2. The Bertz CT molecular complexity index is 292. The molecule has 1 saturated carbocycles. The van der Waals surface area contributed by atoms with Crippen molar-refractivity contribution < 1.29 is 23.9 Å². The molecule has 2 atom stereocenters. The minimum absolute atomic E-state index is 0.273. The molecule has 82 valence electrons. The van der Waals surface area contributed by atoms with E-state index in [0.717, 1.165) is 0 Å². The van der Waals surface area contributed by atoms with Crippen LogP contribution in [0.1, 0.15) is 12.8 Å². The Morgan fingerprint density at radius 3 is 2.40 bits per heavy atom. The highest BCUT2D eigenvalue weighted by Gasteiger charge is 2.51. The van der Waals surface area contributed by atoms with Crippen molar-refractivity contribution in [3.63, 3.8) is 0 Å². The van der Waals surface area contributed by atoms with Gasteiger partial charge in [-0.05, 0) is 0 Å². The summed E-state index contributed by atoms with van der Waals surface area (Å²) in [5, 5.41) is 0. The number of rotatable bonds is 3. The van der Waals surface area contributed by atoms with E-state index in [1.165, 1.54) is 0 Å². The third-order valence-electron chi connectivity index (χ3n) is 3.06. The van der Waals surface area contributed by atoms with Gasteiger partial charge in [0.1, 0.15) is 6.29 Å². The zero-order valence-corrected chi connectivity index (χ0v) is 8.18. The van der Waals surface area contributed by atoms with Crippen molar-refractivity contribution >= 4 is 18.4 Å². The van der Waals surface area contributed by atoms with Crippen LogP contribution in [-0.2, 0) is 23.9 Å². The van der Waals surface area contributed by atoms with Crippen LogP contribution < -0.4 is 0 Å². The van der Waals surface area contributed by atoms with E-state index >= 15 is 0 Å². The standard InChI is InChI=1S/C10H12O5/c11-5-7-3-10(14-1-2-15-10)4-8(7)9(13)6-12/h5-8H,1-4H2/t7-,8-/m1/s1. The van der Waals surface area contributed by atoms with Gasteiger partial charge in [0.2, 0.25) is 0 Å². The first-order chi connectivity index (χ1) is 7.21. The van der Waals surface area contributed by atoms with Crippen LogP contribution in [0.15, 0.2) is 0 Å². The lowest BCUT2D eigenvalue weighted by Gasteiger charge is -2.20. The molecule has 0 unspecified atom stereocenters. The predicted octanol–water partition coefficient (Wildman–Crippen LogP) is -0.277. The largest absolute Gasteiger partial charge is 0.347 e. The van der Waals surface area contributed by atoms with Gasteiger partial charge in [0, 0.05) is 24.7 Å². The van der Waals surface area contributed by atoms with E-state index < -0.39 is 23.4 Å². The molecule has 0 bridgehead atoms. The first-order valence-electron chi connectivity index (χ1n) is 4.93. The smallest absolute Gasteiger partial charge is 0.199 e. The first kappa shape index (κ1) is 10.4. The molecule has 0 amide bonds. The molecule has 0 radical (unpaired) electrons. The Kier molecular flexibility index (Phi) is 2.67. The average Bonchev–Trinajstić information content (AvgIpc) is 2.85. The average molecular weight is 212 g/mol. The molecule has 15 heavy (non-hydrogen) atoms. The lowest BCUT2D eigenvalue weighted by atomic mass is 9.94. The summed E-state index contributed by atoms with van der Waals surface area (Å²) in [7, 11) is 0. The van der Waals surface area contributed by atoms with Crippen molar-refractivity contribution in [3.05, 3.63) is 0 Å². The molecule has 0 N–H and O–H groups in total. The molecule has 5 heteroatoms. The van der Waals surface area contributed by atoms with Crippen molar-refractivity contribution in [1.29, 1.82) is 0 Å². The van der Waals surface area contributed by atoms with E-state index in [0.29, 0.717) is 32.3 Å². The fourth-order valence-corrected chi connectivity index (χ4v) is 2.35. The van der Waals surface area contributed by atoms with E-state index in [9.17, 15) is 14.4 Å². The summed E-state index contributed by atoms with van der Waals surface area (Å²) in [5.41, 5.74) is 0. The van der Waals surface area contributed by atoms with Gasteiger partial charge in [-0.1, -0.05) is 0 Å². The normalized spacial score (nSPS) is 33.1. The van der Waals surface area contributed by atoms with E-state index in [2.05, 4.69) is 0 Å². The summed E-state index contributed by atoms with van der Waals surface area (Å²) >= 11 is 0. The number of carbonyl (C=O) groups is 3. The number of ether oxygens (including phenoxy) is 2. The van der Waals surface area contributed by atoms with Crippen LogP contribution in [0.4, 0.5) is 0 Å². The zero-order valence-electron chi connectivity index (χ0n) is 8.18. The molecule has 5 nitrogen and oxygen atoms in total. The van der Waals surface area contributed by atoms with Gasteiger partial charge < -0.3 is 14.3 Å². The molecule has 2 aliphatic rings. The van der Waals surface area contributed by atoms with Crippen molar-refractivity contribution in [1.82, 2.24) is 0 Å². The number of hydrogen-bond donors (Lipinski definition) is 0. The third-order valence-corrected chi connectivity index (χ3v) is 3.06. The molecule has 0 aromatic heterocycles. The third kappa shape index (κ3) is 1.72. The number of aldehydes is 2. The van der Waals surface area contributed by atoms with Crippen LogP contribution >= 0.6 is 0 Å². The Morgan fingerprint density at radius 2 is 1.87 bits per heavy atom. The van der Waals surface area contributed by atoms with E-state index in [-0.39, 0.29) is 6.29 Å². The maximum Gasteiger partial charge on any atom is 0.199 e. The van der Waals surface area contributed by atoms with Crippen LogP contribution in [0.25, 0.3) is 0 Å². The topological polar surface area (TPSA) is 69.7 Å². The molecular weight excluding hydrogens is 200 g/mol. The minimum atomic E-state index is -0.797. The van der Waals surface area contributed by atoms with E-state index in [1.807, 2.05) is 0 Å². The summed E-state index contributed by atoms with van der Waals surface area (Å²) in [5.74, 6) is -2.36. The summed E-state index contributed by atoms with van der Waals surface area (Å²) in [6.07, 6.45) is 1.68. The van der Waals surface area contributed by atoms with Gasteiger partial charge in [0.25, 0.3) is 0 Å². The summed E-state index contributed by atoms with van der Waals surface area (Å²) in [6.45, 7) is 0.959. The Hall–Kier alpha value is -1.07. The second-order valence-corrected chi connectivity index (χ2v) is 3.94. The second kappa shape index (κ2) is 3.83. The van der Waals surface area contributed by atoms with Gasteiger partial charge in [0.15, 0.2) is 17.9 Å². The number of hydrogen-bond acceptors (Lipinski definition) is 5. The van der Waals surface area contributed by atoms with Crippen LogP contribution in [0.2, 0.25) is 0 Å². The number of ketones is 1. The molecular formula is C10H12O5. The minimum Gasteiger partial charge on any atom is -0.347 e. The molecule has 2 fully saturated rings. The maximum absolute atomic E-state index is 11.3. The molecule has 2 rings (SSSR count). The summed E-state index contributed by atoms with van der Waals surface area (Å²) in [4.78, 5) is 32.5. The fourth-order valence-electron chi connectivity index (χ4n) is 2.35. The zero-order chi connectivity index (χ0) is 10.9. The van der Waals surface area contributed by atoms with Gasteiger partial charge in [-0.2, -0.15) is 0 Å². The molecule has 1 spiro atoms. The van der Waals surface area contributed by atoms with E-state index in [4.69, 9.17) is 9.47 Å². The quantitative estimate of drug-likeness (QED) is 0.475. The maximum atomic E-state index is 11.3. The van der Waals surface area contributed by atoms with Gasteiger partial charge in [-0.3, -0.25) is 9.59 Å². The van der Waals surface area contributed by atoms with Gasteiger partial charge in [-0.15, -0.1) is 0 Å². The lowest BCUT2D eigenvalue weighted by Crippen LogP contribution is -2.27. The fraction of sp³-hybridized carbons (Fsp3) is 0.700. The van der Waals surface area contributed by atoms with Crippen molar-refractivity contribution in [2.75, 3.05) is 13.2 Å². The van der Waals surface area contributed by atoms with E-state index in [1.54, 1.807) is 0 Å². The Labute approximate surface area is 86.7 Å². The number of Topliss-reactive ketones (excluding diaryl/α,β-unsaturated/α-hetero) is 1. The summed E-state index contributed by atoms with van der Waals surface area (Å²) in [6, 6.07) is 0. The predicted molar refractivity (Wildman–Crippen MR) is 48.0 cm³/mol. The van der Waals surface area contributed by atoms with Crippen LogP contribution in [0.5, 0.6) is 0 Å². The second-order valence-electron chi connectivity index (χ2n) is 3.94. The van der Waals surface area contributed by atoms with Gasteiger partial charge in [0.05, 0.1) is 13.2 Å². The van der Waals surface area contributed by atoms with Crippen LogP contribution in [-0.4, -0.2) is 37.4 Å². The molecule has 0 aromatic carbocycles. The number of carbonyl (C=O) groups excluding carboxylic acids is 3. The van der Waals surface area contributed by atoms with Gasteiger partial charge >= 0.3 is 0 Å². The van der Waals surface area contributed by atoms with Crippen molar-refractivity contribution in [2.24, 2.45) is 11.8 Å². The Balaban J connectivity index is 2.15. The molecule has 0 aromatic rings. The summed E-state index contributed by atoms with van der Waals surface area (Å²) < 4.78 is 10.8. The molecule has 1 aliphatic heterocycles. The highest BCUT2D eigenvalue weighted by molar-refractivity contribution is 6.26. The van der Waals surface area contributed by atoms with Crippen molar-refractivity contribution in [2.45, 2.75) is 18.6 Å². The highest BCUT2D eigenvalue weighted by atomic mass is 16.7. The lowest BCUT2D eigenvalue weighted by molar-refractivity contribution is -0.156. The molecule has 1 aliphatic carbocycles. The van der Waals surface area contributed by atoms with Gasteiger partial charge in [-0.25, -0.2) is 0 Å². The Morgan fingerprint density at radius 1 is 1.20 bits per heavy atom. The van der Waals surface area contributed by atoms with Crippen molar-refractivity contribution in [3.8, 4) is 0 Å². The van der Waals surface area contributed by atoms with Crippen LogP contribution in [0, 0.1) is 11.8 Å². The van der Waals surface area contributed by atoms with Crippen LogP contribution in [0.3, 0.4) is 0 Å². The highest BCUT2D eigenvalue weighted by Crippen LogP contribution is 2.43.